The summed E-state index contributed by atoms with van der Waals surface area (Å²) in [5, 5.41) is 3.81. The summed E-state index contributed by atoms with van der Waals surface area (Å²) < 4.78 is 31.4. The van der Waals surface area contributed by atoms with Gasteiger partial charge in [-0.2, -0.15) is 0 Å². The van der Waals surface area contributed by atoms with Gasteiger partial charge in [-0.25, -0.2) is 13.8 Å². The summed E-state index contributed by atoms with van der Waals surface area (Å²) in [6.07, 6.45) is 2.61. The molecule has 3 aromatic rings. The molecule has 1 aliphatic rings. The molecule has 0 fully saturated rings. The number of guanidine groups is 1. The van der Waals surface area contributed by atoms with Gasteiger partial charge >= 0.3 is 0 Å². The molecule has 1 aromatic heterocycles. The van der Waals surface area contributed by atoms with E-state index in [1.165, 1.54) is 36.3 Å². The number of hydrogen-bond acceptors (Lipinski definition) is 3. The average Bonchev–Trinajstić information content (AvgIpc) is 2.73. The monoisotopic (exact) mass is 430 g/mol. The predicted octanol–water partition coefficient (Wildman–Crippen LogP) is 5.38. The second kappa shape index (κ2) is 8.80. The largest absolute Gasteiger partial charge is 0.324 e. The number of fused-ring (bicyclic) bond motifs is 1. The molecule has 8 heteroatoms. The summed E-state index contributed by atoms with van der Waals surface area (Å²) in [5.74, 6) is -0.273. The van der Waals surface area contributed by atoms with Crippen molar-refractivity contribution in [1.29, 1.82) is 0 Å². The minimum absolute atomic E-state index is 0.0716. The van der Waals surface area contributed by atoms with Crippen molar-refractivity contribution in [2.45, 2.75) is 24.3 Å². The smallest absolute Gasteiger partial charge is 0.206 e. The quantitative estimate of drug-likeness (QED) is 0.534. The Morgan fingerprint density at radius 2 is 1.86 bits per heavy atom. The Balaban J connectivity index is 1.55. The van der Waals surface area contributed by atoms with Crippen molar-refractivity contribution in [2.24, 2.45) is 4.99 Å². The molecule has 2 N–H and O–H groups in total. The summed E-state index contributed by atoms with van der Waals surface area (Å²) in [4.78, 5) is 9.20. The molecule has 0 amide bonds. The van der Waals surface area contributed by atoms with Gasteiger partial charge in [-0.1, -0.05) is 29.8 Å². The molecule has 0 aliphatic carbocycles. The lowest BCUT2D eigenvalue weighted by molar-refractivity contribution is 0.600. The maximum absolute atomic E-state index is 14.6. The zero-order chi connectivity index (χ0) is 20.2. The molecular formula is C21H17ClF2N4S. The second-order valence-corrected chi connectivity index (χ2v) is 7.67. The first-order chi connectivity index (χ1) is 14.1. The minimum atomic E-state index is -0.410. The Morgan fingerprint density at radius 3 is 2.69 bits per heavy atom. The third-order valence-corrected chi connectivity index (χ3v) is 5.77. The van der Waals surface area contributed by atoms with Crippen LogP contribution in [0.2, 0.25) is 5.02 Å². The van der Waals surface area contributed by atoms with Gasteiger partial charge in [0.25, 0.3) is 0 Å². The first-order valence-electron chi connectivity index (χ1n) is 9.00. The maximum Gasteiger partial charge on any atom is 0.206 e. The van der Waals surface area contributed by atoms with Gasteiger partial charge in [0.1, 0.15) is 11.6 Å². The van der Waals surface area contributed by atoms with E-state index in [1.807, 2.05) is 24.3 Å². The van der Waals surface area contributed by atoms with Crippen LogP contribution in [0.5, 0.6) is 0 Å². The van der Waals surface area contributed by atoms with Crippen LogP contribution < -0.4 is 10.0 Å². The molecule has 0 radical (unpaired) electrons. The SMILES string of the molecule is Fc1cccnc1CN=C1NSc2ccc(F)c(CCc3ccccc3Cl)c2N1. The first kappa shape index (κ1) is 19.7. The molecule has 4 nitrogen and oxygen atoms in total. The number of aliphatic imine (C=N–C) groups is 1. The Labute approximate surface area is 176 Å². The zero-order valence-corrected chi connectivity index (χ0v) is 16.8. The van der Waals surface area contributed by atoms with E-state index in [0.717, 1.165) is 10.5 Å². The minimum Gasteiger partial charge on any atom is -0.324 e. The molecule has 1 aliphatic heterocycles. The van der Waals surface area contributed by atoms with Gasteiger partial charge in [0.2, 0.25) is 5.96 Å². The highest BCUT2D eigenvalue weighted by molar-refractivity contribution is 7.98. The zero-order valence-electron chi connectivity index (χ0n) is 15.3. The summed E-state index contributed by atoms with van der Waals surface area (Å²) >= 11 is 7.56. The number of nitrogens with one attached hydrogen (secondary N) is 2. The molecule has 29 heavy (non-hydrogen) atoms. The third-order valence-electron chi connectivity index (χ3n) is 4.54. The second-order valence-electron chi connectivity index (χ2n) is 6.42. The van der Waals surface area contributed by atoms with E-state index in [9.17, 15) is 8.78 Å². The van der Waals surface area contributed by atoms with Gasteiger partial charge in [-0.3, -0.25) is 9.71 Å². The molecular weight excluding hydrogens is 414 g/mol. The average molecular weight is 431 g/mol. The highest BCUT2D eigenvalue weighted by Gasteiger charge is 2.20. The van der Waals surface area contributed by atoms with Gasteiger partial charge in [-0.05, 0) is 60.7 Å². The van der Waals surface area contributed by atoms with Gasteiger partial charge in [-0.15, -0.1) is 0 Å². The van der Waals surface area contributed by atoms with Gasteiger partial charge in [0.15, 0.2) is 0 Å². The molecule has 0 spiro atoms. The van der Waals surface area contributed by atoms with Gasteiger partial charge < -0.3 is 5.32 Å². The summed E-state index contributed by atoms with van der Waals surface area (Å²) in [6.45, 7) is 0.0716. The predicted molar refractivity (Wildman–Crippen MR) is 113 cm³/mol. The number of anilines is 1. The highest BCUT2D eigenvalue weighted by atomic mass is 35.5. The number of rotatable bonds is 5. The van der Waals surface area contributed by atoms with Crippen molar-refractivity contribution in [3.05, 3.63) is 88.2 Å². The van der Waals surface area contributed by atoms with E-state index >= 15 is 0 Å². The number of aromatic nitrogens is 1. The molecule has 2 aromatic carbocycles. The van der Waals surface area contributed by atoms with E-state index in [4.69, 9.17) is 11.6 Å². The van der Waals surface area contributed by atoms with Crippen molar-refractivity contribution >= 4 is 35.2 Å². The van der Waals surface area contributed by atoms with E-state index in [-0.39, 0.29) is 18.1 Å². The lowest BCUT2D eigenvalue weighted by Crippen LogP contribution is -2.30. The molecule has 0 unspecified atom stereocenters. The fraction of sp³-hybridized carbons (Fsp3) is 0.143. The highest BCUT2D eigenvalue weighted by Crippen LogP contribution is 2.34. The topological polar surface area (TPSA) is 49.3 Å². The van der Waals surface area contributed by atoms with Crippen molar-refractivity contribution in [1.82, 2.24) is 9.71 Å². The van der Waals surface area contributed by atoms with Crippen LogP contribution in [0.4, 0.5) is 14.5 Å². The lowest BCUT2D eigenvalue weighted by atomic mass is 10.0. The van der Waals surface area contributed by atoms with Crippen molar-refractivity contribution in [2.75, 3.05) is 5.32 Å². The Morgan fingerprint density at radius 1 is 1.00 bits per heavy atom. The van der Waals surface area contributed by atoms with Crippen LogP contribution in [0.25, 0.3) is 0 Å². The van der Waals surface area contributed by atoms with E-state index < -0.39 is 5.82 Å². The van der Waals surface area contributed by atoms with E-state index in [0.29, 0.717) is 35.1 Å². The van der Waals surface area contributed by atoms with Crippen LogP contribution in [-0.2, 0) is 19.4 Å². The summed E-state index contributed by atoms with van der Waals surface area (Å²) in [7, 11) is 0. The molecule has 0 saturated carbocycles. The van der Waals surface area contributed by atoms with Crippen LogP contribution in [0.3, 0.4) is 0 Å². The number of hydrogen-bond donors (Lipinski definition) is 2. The van der Waals surface area contributed by atoms with Crippen LogP contribution in [0, 0.1) is 11.6 Å². The van der Waals surface area contributed by atoms with Crippen LogP contribution in [-0.4, -0.2) is 10.9 Å². The number of aryl methyl sites for hydroxylation is 1. The fourth-order valence-electron chi connectivity index (χ4n) is 3.04. The van der Waals surface area contributed by atoms with Crippen molar-refractivity contribution < 1.29 is 8.78 Å². The number of halogens is 3. The maximum atomic E-state index is 14.6. The Hall–Kier alpha value is -2.64. The summed E-state index contributed by atoms with van der Waals surface area (Å²) in [5.41, 5.74) is 2.44. The molecule has 0 atom stereocenters. The Bertz CT molecular complexity index is 1070. The number of nitrogens with zero attached hydrogens (tertiary/aromatic N) is 2. The third kappa shape index (κ3) is 4.52. The fourth-order valence-corrected chi connectivity index (χ4v) is 4.00. The van der Waals surface area contributed by atoms with E-state index in [1.54, 1.807) is 6.07 Å². The van der Waals surface area contributed by atoms with Gasteiger partial charge in [0.05, 0.1) is 22.8 Å². The molecule has 2 heterocycles. The molecule has 0 saturated heterocycles. The van der Waals surface area contributed by atoms with E-state index in [2.05, 4.69) is 20.0 Å². The van der Waals surface area contributed by atoms with Crippen LogP contribution in [0.15, 0.2) is 64.6 Å². The first-order valence-corrected chi connectivity index (χ1v) is 10.2. The van der Waals surface area contributed by atoms with Crippen molar-refractivity contribution in [3.63, 3.8) is 0 Å². The van der Waals surface area contributed by atoms with Crippen LogP contribution in [0.1, 0.15) is 16.8 Å². The van der Waals surface area contributed by atoms with Crippen molar-refractivity contribution in [3.8, 4) is 0 Å². The van der Waals surface area contributed by atoms with Gasteiger partial charge in [0, 0.05) is 16.8 Å². The number of benzene rings is 2. The molecule has 148 valence electrons. The number of pyridine rings is 1. The summed E-state index contributed by atoms with van der Waals surface area (Å²) in [6, 6.07) is 13.6. The lowest BCUT2D eigenvalue weighted by Gasteiger charge is -2.23. The molecule has 4 rings (SSSR count). The normalized spacial score (nSPS) is 14.2. The Kier molecular flexibility index (Phi) is 5.97. The molecule has 0 bridgehead atoms. The van der Waals surface area contributed by atoms with Crippen LogP contribution >= 0.6 is 23.5 Å². The standard InChI is InChI=1S/C21H17ClF2N4S/c22-15-5-2-1-4-13(15)7-8-14-16(23)9-10-19-20(14)27-21(28-29-19)26-12-18-17(24)6-3-11-25-18/h1-6,9-11H,7-8,12H2,(H2,26,27,28).